The zero-order valence-corrected chi connectivity index (χ0v) is 19.8. The van der Waals surface area contributed by atoms with Crippen LogP contribution in [0.15, 0.2) is 30.3 Å². The Kier molecular flexibility index (Phi) is 6.17. The average Bonchev–Trinajstić information content (AvgIpc) is 2.69. The van der Waals surface area contributed by atoms with E-state index >= 15 is 0 Å². The van der Waals surface area contributed by atoms with Crippen LogP contribution in [0, 0.1) is 28.6 Å². The van der Waals surface area contributed by atoms with Crippen molar-refractivity contribution in [3.8, 4) is 6.07 Å². The van der Waals surface area contributed by atoms with Crippen LogP contribution in [-0.2, 0) is 16.0 Å². The van der Waals surface area contributed by atoms with Gasteiger partial charge in [0.05, 0.1) is 11.7 Å². The maximum atomic E-state index is 13.6. The molecule has 1 aromatic rings. The van der Waals surface area contributed by atoms with E-state index in [-0.39, 0.29) is 5.91 Å². The van der Waals surface area contributed by atoms with Crippen LogP contribution in [0.3, 0.4) is 0 Å². The second-order valence-electron chi connectivity index (χ2n) is 11.5. The third kappa shape index (κ3) is 5.33. The van der Waals surface area contributed by atoms with Crippen LogP contribution < -0.4 is 10.6 Å². The van der Waals surface area contributed by atoms with Crippen molar-refractivity contribution in [1.29, 1.82) is 5.26 Å². The first-order chi connectivity index (χ1) is 15.5. The normalized spacial score (nSPS) is 31.8. The number of carbonyl (C=O) groups excluding carboxylic acids is 2. The van der Waals surface area contributed by atoms with Crippen LogP contribution in [0.1, 0.15) is 64.9 Å². The maximum Gasteiger partial charge on any atom is 0.408 e. The standard InChI is InChI=1S/C26H35N3O4/c1-24(2,3)33-23(31)29-21(22(30)28-20(15-27)10-17-7-5-4-6-8-17)25-11-18-9-19(12-25)14-26(32,13-18)16-25/h4-8,18-21,32H,9-14,16H2,1-3H3,(H,28,30)(H,29,31)/t18?,19?,20-,21+,25?,26?/m0/s1. The van der Waals surface area contributed by atoms with Gasteiger partial charge in [-0.1, -0.05) is 30.3 Å². The largest absolute Gasteiger partial charge is 0.444 e. The van der Waals surface area contributed by atoms with E-state index < -0.39 is 34.8 Å². The molecule has 4 atom stereocenters. The molecular weight excluding hydrogens is 418 g/mol. The minimum absolute atomic E-state index is 0.350. The quantitative estimate of drug-likeness (QED) is 0.611. The molecule has 178 valence electrons. The van der Waals surface area contributed by atoms with Crippen LogP contribution in [-0.4, -0.2) is 40.4 Å². The van der Waals surface area contributed by atoms with E-state index in [1.54, 1.807) is 20.8 Å². The Bertz CT molecular complexity index is 919. The third-order valence-corrected chi connectivity index (χ3v) is 7.37. The number of nitrogens with one attached hydrogen (secondary N) is 2. The molecule has 4 fully saturated rings. The minimum atomic E-state index is -0.864. The molecule has 0 saturated heterocycles. The fourth-order valence-corrected chi connectivity index (χ4v) is 6.78. The predicted octanol–water partition coefficient (Wildman–Crippen LogP) is 3.46. The topological polar surface area (TPSA) is 111 Å². The second-order valence-corrected chi connectivity index (χ2v) is 11.5. The third-order valence-electron chi connectivity index (χ3n) is 7.37. The summed E-state index contributed by atoms with van der Waals surface area (Å²) in [5.74, 6) is 0.319. The molecule has 2 amide bonds. The summed E-state index contributed by atoms with van der Waals surface area (Å²) >= 11 is 0. The summed E-state index contributed by atoms with van der Waals surface area (Å²) in [6.45, 7) is 5.34. The van der Waals surface area contributed by atoms with Gasteiger partial charge in [0.25, 0.3) is 0 Å². The van der Waals surface area contributed by atoms with Gasteiger partial charge < -0.3 is 20.5 Å². The van der Waals surface area contributed by atoms with E-state index in [0.29, 0.717) is 24.7 Å². The Hall–Kier alpha value is -2.59. The van der Waals surface area contributed by atoms with E-state index in [0.717, 1.165) is 37.7 Å². The van der Waals surface area contributed by atoms with Crippen molar-refractivity contribution >= 4 is 12.0 Å². The number of amides is 2. The van der Waals surface area contributed by atoms with Crippen LogP contribution in [0.2, 0.25) is 0 Å². The second kappa shape index (κ2) is 8.64. The average molecular weight is 454 g/mol. The lowest BCUT2D eigenvalue weighted by Gasteiger charge is -2.61. The Labute approximate surface area is 195 Å². The van der Waals surface area contributed by atoms with Gasteiger partial charge in [-0.3, -0.25) is 4.79 Å². The number of nitrogens with zero attached hydrogens (tertiary/aromatic N) is 1. The van der Waals surface area contributed by atoms with Gasteiger partial charge in [-0.25, -0.2) is 4.79 Å². The number of hydrogen-bond donors (Lipinski definition) is 3. The summed E-state index contributed by atoms with van der Waals surface area (Å²) in [5.41, 5.74) is -1.07. The number of rotatable bonds is 6. The Morgan fingerprint density at radius 1 is 1.15 bits per heavy atom. The van der Waals surface area contributed by atoms with Crippen molar-refractivity contribution < 1.29 is 19.4 Å². The zero-order chi connectivity index (χ0) is 23.9. The number of hydrogen-bond acceptors (Lipinski definition) is 5. The fourth-order valence-electron chi connectivity index (χ4n) is 6.78. The number of ether oxygens (including phenoxy) is 1. The highest BCUT2D eigenvalue weighted by atomic mass is 16.6. The van der Waals surface area contributed by atoms with Crippen molar-refractivity contribution in [3.63, 3.8) is 0 Å². The molecule has 4 aliphatic rings. The van der Waals surface area contributed by atoms with E-state index in [9.17, 15) is 20.0 Å². The summed E-state index contributed by atoms with van der Waals surface area (Å²) in [7, 11) is 0. The highest BCUT2D eigenvalue weighted by Gasteiger charge is 2.61. The molecule has 1 aromatic carbocycles. The number of alkyl carbamates (subject to hydrolysis) is 1. The Morgan fingerprint density at radius 3 is 2.33 bits per heavy atom. The number of nitriles is 1. The van der Waals surface area contributed by atoms with Gasteiger partial charge in [0, 0.05) is 11.8 Å². The monoisotopic (exact) mass is 453 g/mol. The van der Waals surface area contributed by atoms with Gasteiger partial charge in [-0.15, -0.1) is 0 Å². The van der Waals surface area contributed by atoms with Gasteiger partial charge in [0.2, 0.25) is 5.91 Å². The molecular formula is C26H35N3O4. The van der Waals surface area contributed by atoms with E-state index in [1.165, 1.54) is 0 Å². The Balaban J connectivity index is 1.57. The molecule has 4 saturated carbocycles. The summed E-state index contributed by atoms with van der Waals surface area (Å²) < 4.78 is 5.48. The van der Waals surface area contributed by atoms with E-state index in [4.69, 9.17) is 4.74 Å². The molecule has 0 aliphatic heterocycles. The molecule has 5 rings (SSSR count). The highest BCUT2D eigenvalue weighted by molar-refractivity contribution is 5.87. The minimum Gasteiger partial charge on any atom is -0.444 e. The fraction of sp³-hybridized carbons (Fsp3) is 0.654. The molecule has 0 aromatic heterocycles. The molecule has 0 heterocycles. The first-order valence-corrected chi connectivity index (χ1v) is 12.0. The molecule has 7 heteroatoms. The van der Waals surface area contributed by atoms with Crippen LogP contribution in [0.5, 0.6) is 0 Å². The maximum absolute atomic E-state index is 13.6. The zero-order valence-electron chi connectivity index (χ0n) is 19.8. The van der Waals surface area contributed by atoms with Gasteiger partial charge in [-0.05, 0) is 76.7 Å². The molecule has 33 heavy (non-hydrogen) atoms. The first kappa shape index (κ1) is 23.6. The molecule has 2 unspecified atom stereocenters. The highest BCUT2D eigenvalue weighted by Crippen LogP contribution is 2.62. The number of aliphatic hydroxyl groups is 1. The number of benzene rings is 1. The summed E-state index contributed by atoms with van der Waals surface area (Å²) in [6, 6.07) is 10.1. The summed E-state index contributed by atoms with van der Waals surface area (Å²) in [5, 5.41) is 26.6. The lowest BCUT2D eigenvalue weighted by molar-refractivity contribution is -0.176. The number of carbonyl (C=O) groups is 2. The van der Waals surface area contributed by atoms with Crippen LogP contribution in [0.4, 0.5) is 4.79 Å². The molecule has 0 spiro atoms. The Morgan fingerprint density at radius 2 is 1.79 bits per heavy atom. The van der Waals surface area contributed by atoms with Crippen molar-refractivity contribution in [1.82, 2.24) is 10.6 Å². The predicted molar refractivity (Wildman–Crippen MR) is 123 cm³/mol. The summed E-state index contributed by atoms with van der Waals surface area (Å²) in [6.07, 6.45) is 4.38. The van der Waals surface area contributed by atoms with Gasteiger partial charge >= 0.3 is 6.09 Å². The summed E-state index contributed by atoms with van der Waals surface area (Å²) in [4.78, 5) is 26.4. The van der Waals surface area contributed by atoms with Crippen molar-refractivity contribution in [2.24, 2.45) is 17.3 Å². The van der Waals surface area contributed by atoms with Gasteiger partial charge in [0.1, 0.15) is 17.7 Å². The first-order valence-electron chi connectivity index (χ1n) is 12.0. The van der Waals surface area contributed by atoms with Crippen LogP contribution >= 0.6 is 0 Å². The SMILES string of the molecule is CC(C)(C)OC(=O)N[C@H](C(=O)N[C@H](C#N)Cc1ccccc1)C12CC3CC(CC(O)(C3)C1)C2. The lowest BCUT2D eigenvalue weighted by atomic mass is 9.46. The van der Waals surface area contributed by atoms with Gasteiger partial charge in [0.15, 0.2) is 0 Å². The van der Waals surface area contributed by atoms with E-state index in [1.807, 2.05) is 30.3 Å². The molecule has 7 nitrogen and oxygen atoms in total. The van der Waals surface area contributed by atoms with Crippen molar-refractivity contribution in [2.75, 3.05) is 0 Å². The van der Waals surface area contributed by atoms with Crippen molar-refractivity contribution in [2.45, 2.75) is 89.0 Å². The molecule has 3 N–H and O–H groups in total. The smallest absolute Gasteiger partial charge is 0.408 e. The molecule has 0 radical (unpaired) electrons. The van der Waals surface area contributed by atoms with Crippen molar-refractivity contribution in [3.05, 3.63) is 35.9 Å². The molecule has 4 aliphatic carbocycles. The van der Waals surface area contributed by atoms with Crippen LogP contribution in [0.25, 0.3) is 0 Å². The van der Waals surface area contributed by atoms with Gasteiger partial charge in [-0.2, -0.15) is 5.26 Å². The molecule has 4 bridgehead atoms. The van der Waals surface area contributed by atoms with E-state index in [2.05, 4.69) is 16.7 Å². The lowest BCUT2D eigenvalue weighted by Crippen LogP contribution is -2.66.